The minimum Gasteiger partial charge on any atom is -0.434 e. The van der Waals surface area contributed by atoms with Gasteiger partial charge in [0.1, 0.15) is 11.6 Å². The molecule has 0 bridgehead atoms. The van der Waals surface area contributed by atoms with Gasteiger partial charge >= 0.3 is 6.61 Å². The molecule has 0 aliphatic carbocycles. The van der Waals surface area contributed by atoms with Gasteiger partial charge in [0, 0.05) is 11.8 Å². The SMILES string of the molecule is CC(=O)c1c(F)cc(N)cc1OC(F)F. The van der Waals surface area contributed by atoms with Gasteiger partial charge in [0.2, 0.25) is 0 Å². The van der Waals surface area contributed by atoms with E-state index in [9.17, 15) is 18.0 Å². The number of hydrogen-bond acceptors (Lipinski definition) is 3. The molecule has 0 saturated heterocycles. The number of hydrogen-bond donors (Lipinski definition) is 1. The van der Waals surface area contributed by atoms with Gasteiger partial charge in [-0.25, -0.2) is 4.39 Å². The van der Waals surface area contributed by atoms with Crippen LogP contribution in [0.25, 0.3) is 0 Å². The maximum Gasteiger partial charge on any atom is 0.387 e. The van der Waals surface area contributed by atoms with E-state index in [0.29, 0.717) is 0 Å². The summed E-state index contributed by atoms with van der Waals surface area (Å²) in [6.07, 6.45) is 0. The first-order valence-electron chi connectivity index (χ1n) is 3.96. The Morgan fingerprint density at radius 1 is 1.47 bits per heavy atom. The van der Waals surface area contributed by atoms with Gasteiger partial charge in [0.25, 0.3) is 0 Å². The van der Waals surface area contributed by atoms with Gasteiger partial charge in [-0.3, -0.25) is 4.79 Å². The minimum absolute atomic E-state index is 0.0897. The van der Waals surface area contributed by atoms with Crippen molar-refractivity contribution in [2.45, 2.75) is 13.5 Å². The highest BCUT2D eigenvalue weighted by molar-refractivity contribution is 5.97. The molecule has 0 heterocycles. The fraction of sp³-hybridized carbons (Fsp3) is 0.222. The van der Waals surface area contributed by atoms with E-state index in [-0.39, 0.29) is 5.69 Å². The van der Waals surface area contributed by atoms with Crippen LogP contribution in [0.5, 0.6) is 5.75 Å². The topological polar surface area (TPSA) is 52.3 Å². The molecule has 1 aromatic carbocycles. The predicted octanol–water partition coefficient (Wildman–Crippen LogP) is 2.21. The van der Waals surface area contributed by atoms with E-state index in [1.54, 1.807) is 0 Å². The molecule has 0 unspecified atom stereocenters. The van der Waals surface area contributed by atoms with Gasteiger partial charge in [-0.1, -0.05) is 0 Å². The van der Waals surface area contributed by atoms with Gasteiger partial charge in [0.05, 0.1) is 5.56 Å². The van der Waals surface area contributed by atoms with Crippen molar-refractivity contribution < 1.29 is 22.7 Å². The summed E-state index contributed by atoms with van der Waals surface area (Å²) in [5, 5.41) is 0. The largest absolute Gasteiger partial charge is 0.434 e. The number of benzene rings is 1. The van der Waals surface area contributed by atoms with Crippen LogP contribution in [0.15, 0.2) is 12.1 Å². The number of rotatable bonds is 3. The molecule has 6 heteroatoms. The van der Waals surface area contributed by atoms with Crippen molar-refractivity contribution in [2.75, 3.05) is 5.73 Å². The molecule has 15 heavy (non-hydrogen) atoms. The van der Waals surface area contributed by atoms with E-state index in [4.69, 9.17) is 5.73 Å². The molecule has 2 N–H and O–H groups in total. The Morgan fingerprint density at radius 3 is 2.53 bits per heavy atom. The Kier molecular flexibility index (Phi) is 3.18. The maximum atomic E-state index is 13.2. The maximum absolute atomic E-state index is 13.2. The molecule has 82 valence electrons. The smallest absolute Gasteiger partial charge is 0.387 e. The summed E-state index contributed by atoms with van der Waals surface area (Å²) in [5.74, 6) is -2.23. The summed E-state index contributed by atoms with van der Waals surface area (Å²) < 4.78 is 41.0. The fourth-order valence-corrected chi connectivity index (χ4v) is 1.13. The van der Waals surface area contributed by atoms with E-state index in [2.05, 4.69) is 4.74 Å². The van der Waals surface area contributed by atoms with Crippen molar-refractivity contribution in [3.63, 3.8) is 0 Å². The van der Waals surface area contributed by atoms with Gasteiger partial charge < -0.3 is 10.5 Å². The van der Waals surface area contributed by atoms with E-state index >= 15 is 0 Å². The Morgan fingerprint density at radius 2 is 2.07 bits per heavy atom. The highest BCUT2D eigenvalue weighted by atomic mass is 19.3. The van der Waals surface area contributed by atoms with Crippen LogP contribution in [0.4, 0.5) is 18.9 Å². The lowest BCUT2D eigenvalue weighted by Crippen LogP contribution is -2.09. The summed E-state index contributed by atoms with van der Waals surface area (Å²) in [7, 11) is 0. The highest BCUT2D eigenvalue weighted by Crippen LogP contribution is 2.27. The lowest BCUT2D eigenvalue weighted by molar-refractivity contribution is -0.0502. The van der Waals surface area contributed by atoms with Crippen molar-refractivity contribution in [1.82, 2.24) is 0 Å². The first-order valence-corrected chi connectivity index (χ1v) is 3.96. The molecule has 0 aromatic heterocycles. The number of alkyl halides is 2. The van der Waals surface area contributed by atoms with Crippen molar-refractivity contribution in [3.8, 4) is 5.75 Å². The second kappa shape index (κ2) is 4.20. The van der Waals surface area contributed by atoms with Crippen molar-refractivity contribution in [1.29, 1.82) is 0 Å². The third-order valence-electron chi connectivity index (χ3n) is 1.64. The lowest BCUT2D eigenvalue weighted by atomic mass is 10.1. The van der Waals surface area contributed by atoms with Crippen LogP contribution in [-0.4, -0.2) is 12.4 Å². The zero-order chi connectivity index (χ0) is 11.6. The van der Waals surface area contributed by atoms with Crippen LogP contribution < -0.4 is 10.5 Å². The number of Topliss-reactive ketones (excluding diaryl/α,β-unsaturated/α-hetero) is 1. The van der Waals surface area contributed by atoms with Crippen molar-refractivity contribution in [2.24, 2.45) is 0 Å². The van der Waals surface area contributed by atoms with Crippen LogP contribution in [0, 0.1) is 5.82 Å². The van der Waals surface area contributed by atoms with Crippen LogP contribution in [0.2, 0.25) is 0 Å². The Hall–Kier alpha value is -1.72. The molecule has 0 aliphatic heterocycles. The van der Waals surface area contributed by atoms with Crippen molar-refractivity contribution >= 4 is 11.5 Å². The van der Waals surface area contributed by atoms with Crippen LogP contribution in [0.3, 0.4) is 0 Å². The fourth-order valence-electron chi connectivity index (χ4n) is 1.13. The number of carbonyl (C=O) groups excluding carboxylic acids is 1. The first-order chi connectivity index (χ1) is 6.91. The van der Waals surface area contributed by atoms with Crippen molar-refractivity contribution in [3.05, 3.63) is 23.5 Å². The molecule has 0 radical (unpaired) electrons. The normalized spacial score (nSPS) is 10.5. The zero-order valence-electron chi connectivity index (χ0n) is 7.76. The van der Waals surface area contributed by atoms with Gasteiger partial charge in [-0.15, -0.1) is 0 Å². The molecule has 0 saturated carbocycles. The number of ketones is 1. The number of carbonyl (C=O) groups is 1. The van der Waals surface area contributed by atoms with Crippen LogP contribution in [-0.2, 0) is 0 Å². The summed E-state index contributed by atoms with van der Waals surface area (Å²) in [6, 6.07) is 1.85. The number of halogens is 3. The molecule has 0 spiro atoms. The number of ether oxygens (including phenoxy) is 1. The van der Waals surface area contributed by atoms with E-state index in [1.807, 2.05) is 0 Å². The Labute approximate surface area is 83.6 Å². The molecule has 1 aromatic rings. The highest BCUT2D eigenvalue weighted by Gasteiger charge is 2.18. The summed E-state index contributed by atoms with van der Waals surface area (Å²) >= 11 is 0. The number of nitrogen functional groups attached to an aromatic ring is 1. The number of nitrogens with two attached hydrogens (primary N) is 1. The second-order valence-electron chi connectivity index (χ2n) is 2.81. The molecule has 0 fully saturated rings. The first kappa shape index (κ1) is 11.4. The van der Waals surface area contributed by atoms with E-state index in [0.717, 1.165) is 19.1 Å². The second-order valence-corrected chi connectivity index (χ2v) is 2.81. The molecule has 0 atom stereocenters. The quantitative estimate of drug-likeness (QED) is 0.626. The average Bonchev–Trinajstić information content (AvgIpc) is 1.99. The molecule has 1 rings (SSSR count). The third kappa shape index (κ3) is 2.61. The zero-order valence-corrected chi connectivity index (χ0v) is 7.76. The predicted molar refractivity (Wildman–Crippen MR) is 47.4 cm³/mol. The third-order valence-corrected chi connectivity index (χ3v) is 1.64. The molecule has 3 nitrogen and oxygen atoms in total. The van der Waals surface area contributed by atoms with E-state index in [1.165, 1.54) is 0 Å². The molecule has 0 amide bonds. The average molecular weight is 219 g/mol. The standard InChI is InChI=1S/C9H8F3NO2/c1-4(14)8-6(10)2-5(13)3-7(8)15-9(11)12/h2-3,9H,13H2,1H3. The molecular weight excluding hydrogens is 211 g/mol. The summed E-state index contributed by atoms with van der Waals surface area (Å²) in [4.78, 5) is 11.0. The van der Waals surface area contributed by atoms with E-state index < -0.39 is 29.5 Å². The summed E-state index contributed by atoms with van der Waals surface area (Å²) in [6.45, 7) is -2.09. The monoisotopic (exact) mass is 219 g/mol. The summed E-state index contributed by atoms with van der Waals surface area (Å²) in [5.41, 5.74) is 4.61. The molecular formula is C9H8F3NO2. The molecule has 0 aliphatic rings. The Bertz CT molecular complexity index is 393. The number of anilines is 1. The van der Waals surface area contributed by atoms with Gasteiger partial charge in [-0.05, 0) is 13.0 Å². The van der Waals surface area contributed by atoms with Gasteiger partial charge in [-0.2, -0.15) is 8.78 Å². The van der Waals surface area contributed by atoms with Crippen LogP contribution >= 0.6 is 0 Å². The minimum atomic E-state index is -3.13. The Balaban J connectivity index is 3.27. The lowest BCUT2D eigenvalue weighted by Gasteiger charge is -2.10. The van der Waals surface area contributed by atoms with Gasteiger partial charge in [0.15, 0.2) is 5.78 Å². The van der Waals surface area contributed by atoms with Crippen LogP contribution in [0.1, 0.15) is 17.3 Å².